The van der Waals surface area contributed by atoms with E-state index < -0.39 is 4.92 Å². The van der Waals surface area contributed by atoms with Crippen LogP contribution >= 0.6 is 0 Å². The molecule has 14 heavy (non-hydrogen) atoms. The van der Waals surface area contributed by atoms with E-state index in [-0.39, 0.29) is 11.4 Å². The molecule has 0 atom stereocenters. The van der Waals surface area contributed by atoms with Gasteiger partial charge in [0.15, 0.2) is 0 Å². The fraction of sp³-hybridized carbons (Fsp3) is 0. The normalized spacial score (nSPS) is 10.3. The first-order chi connectivity index (χ1) is 6.68. The van der Waals surface area contributed by atoms with Crippen LogP contribution in [-0.4, -0.2) is 10.0 Å². The van der Waals surface area contributed by atoms with Crippen molar-refractivity contribution in [2.75, 3.05) is 0 Å². The Hall–Kier alpha value is -2.10. The highest BCUT2D eigenvalue weighted by Crippen LogP contribution is 2.27. The van der Waals surface area contributed by atoms with Crippen LogP contribution in [0, 0.1) is 10.1 Å². The highest BCUT2D eigenvalue weighted by molar-refractivity contribution is 5.91. The van der Waals surface area contributed by atoms with Gasteiger partial charge in [-0.2, -0.15) is 0 Å². The molecule has 0 heterocycles. The van der Waals surface area contributed by atoms with Gasteiger partial charge in [-0.05, 0) is 23.6 Å². The molecule has 0 bridgehead atoms. The van der Waals surface area contributed by atoms with Gasteiger partial charge in [-0.1, -0.05) is 12.1 Å². The molecular weight excluding hydrogens is 182 g/mol. The Kier molecular flexibility index (Phi) is 1.81. The maximum Gasteiger partial charge on any atom is 0.277 e. The molecule has 0 aliphatic heterocycles. The van der Waals surface area contributed by atoms with E-state index in [1.807, 2.05) is 0 Å². The zero-order valence-electron chi connectivity index (χ0n) is 7.18. The van der Waals surface area contributed by atoms with Crippen LogP contribution in [0.4, 0.5) is 5.69 Å². The summed E-state index contributed by atoms with van der Waals surface area (Å²) in [5.41, 5.74) is 0.0579. The molecule has 0 aliphatic rings. The van der Waals surface area contributed by atoms with Gasteiger partial charge < -0.3 is 5.11 Å². The highest BCUT2D eigenvalue weighted by Gasteiger charge is 2.10. The summed E-state index contributed by atoms with van der Waals surface area (Å²) in [6.07, 6.45) is 0. The van der Waals surface area contributed by atoms with Crippen molar-refractivity contribution in [1.29, 1.82) is 0 Å². The molecule has 0 aromatic heterocycles. The largest absolute Gasteiger partial charge is 0.508 e. The smallest absolute Gasteiger partial charge is 0.277 e. The molecule has 2 aromatic carbocycles. The summed E-state index contributed by atoms with van der Waals surface area (Å²) in [5, 5.41) is 21.0. The van der Waals surface area contributed by atoms with E-state index in [9.17, 15) is 15.2 Å². The summed E-state index contributed by atoms with van der Waals surface area (Å²) in [6, 6.07) is 9.25. The van der Waals surface area contributed by atoms with Crippen LogP contribution in [0.1, 0.15) is 0 Å². The Bertz CT molecular complexity index is 508. The molecule has 0 unspecified atom stereocenters. The molecule has 0 radical (unpaired) electrons. The Labute approximate surface area is 79.6 Å². The van der Waals surface area contributed by atoms with Gasteiger partial charge in [-0.3, -0.25) is 10.1 Å². The van der Waals surface area contributed by atoms with Gasteiger partial charge in [0.1, 0.15) is 5.75 Å². The number of hydrogen-bond acceptors (Lipinski definition) is 3. The van der Waals surface area contributed by atoms with E-state index in [0.717, 1.165) is 0 Å². The van der Waals surface area contributed by atoms with E-state index >= 15 is 0 Å². The number of nitro benzene ring substituents is 1. The lowest BCUT2D eigenvalue weighted by Gasteiger charge is -1.99. The SMILES string of the molecule is O=[N+]([O-])c1cccc2cc(O)ccc12. The summed E-state index contributed by atoms with van der Waals surface area (Å²) in [5.74, 6) is 0.109. The topological polar surface area (TPSA) is 63.4 Å². The zero-order chi connectivity index (χ0) is 10.1. The zero-order valence-corrected chi connectivity index (χ0v) is 7.18. The van der Waals surface area contributed by atoms with Crippen molar-refractivity contribution >= 4 is 16.5 Å². The monoisotopic (exact) mass is 189 g/mol. The minimum atomic E-state index is -0.431. The Morgan fingerprint density at radius 3 is 2.71 bits per heavy atom. The van der Waals surface area contributed by atoms with Crippen LogP contribution in [0.5, 0.6) is 5.75 Å². The first-order valence-corrected chi connectivity index (χ1v) is 4.04. The number of non-ortho nitro benzene ring substituents is 1. The summed E-state index contributed by atoms with van der Waals surface area (Å²) in [6.45, 7) is 0. The molecule has 0 fully saturated rings. The number of phenols is 1. The van der Waals surface area contributed by atoms with Crippen LogP contribution in [0.3, 0.4) is 0 Å². The molecule has 0 saturated carbocycles. The number of hydrogen-bond donors (Lipinski definition) is 1. The van der Waals surface area contributed by atoms with Gasteiger partial charge in [-0.15, -0.1) is 0 Å². The second-order valence-corrected chi connectivity index (χ2v) is 2.94. The summed E-state index contributed by atoms with van der Waals surface area (Å²) in [4.78, 5) is 10.2. The third-order valence-electron chi connectivity index (χ3n) is 2.04. The number of phenolic OH excluding ortho intramolecular Hbond substituents is 1. The lowest BCUT2D eigenvalue weighted by molar-refractivity contribution is -0.383. The van der Waals surface area contributed by atoms with Crippen molar-refractivity contribution < 1.29 is 10.0 Å². The molecule has 4 heteroatoms. The summed E-state index contributed by atoms with van der Waals surface area (Å²) in [7, 11) is 0. The van der Waals surface area contributed by atoms with Crippen molar-refractivity contribution in [2.45, 2.75) is 0 Å². The Morgan fingerprint density at radius 1 is 1.21 bits per heavy atom. The first kappa shape index (κ1) is 8.50. The molecule has 0 amide bonds. The Balaban J connectivity index is 2.81. The predicted molar refractivity (Wildman–Crippen MR) is 52.3 cm³/mol. The molecule has 0 spiro atoms. The van der Waals surface area contributed by atoms with Gasteiger partial charge in [0, 0.05) is 6.07 Å². The maximum atomic E-state index is 10.6. The molecule has 1 N–H and O–H groups in total. The van der Waals surface area contributed by atoms with Crippen molar-refractivity contribution in [3.05, 3.63) is 46.5 Å². The minimum absolute atomic E-state index is 0.0579. The molecule has 2 rings (SSSR count). The van der Waals surface area contributed by atoms with Gasteiger partial charge in [0.25, 0.3) is 5.69 Å². The van der Waals surface area contributed by atoms with Crippen molar-refractivity contribution in [1.82, 2.24) is 0 Å². The van der Waals surface area contributed by atoms with Crippen molar-refractivity contribution in [2.24, 2.45) is 0 Å². The number of nitro groups is 1. The number of nitrogens with zero attached hydrogens (tertiary/aromatic N) is 1. The van der Waals surface area contributed by atoms with Crippen LogP contribution in [0.2, 0.25) is 0 Å². The molecule has 2 aromatic rings. The number of fused-ring (bicyclic) bond motifs is 1. The average Bonchev–Trinajstić information content (AvgIpc) is 2.16. The Morgan fingerprint density at radius 2 is 2.00 bits per heavy atom. The molecule has 0 aliphatic carbocycles. The first-order valence-electron chi connectivity index (χ1n) is 4.04. The van der Waals surface area contributed by atoms with E-state index in [1.165, 1.54) is 18.2 Å². The average molecular weight is 189 g/mol. The third-order valence-corrected chi connectivity index (χ3v) is 2.04. The fourth-order valence-electron chi connectivity index (χ4n) is 1.41. The van der Waals surface area contributed by atoms with Crippen LogP contribution in [0.15, 0.2) is 36.4 Å². The van der Waals surface area contributed by atoms with E-state index in [0.29, 0.717) is 10.8 Å². The predicted octanol–water partition coefficient (Wildman–Crippen LogP) is 2.45. The lowest BCUT2D eigenvalue weighted by atomic mass is 10.1. The van der Waals surface area contributed by atoms with E-state index in [1.54, 1.807) is 18.2 Å². The number of aromatic hydroxyl groups is 1. The quantitative estimate of drug-likeness (QED) is 0.553. The lowest BCUT2D eigenvalue weighted by Crippen LogP contribution is -1.88. The van der Waals surface area contributed by atoms with Gasteiger partial charge in [0.2, 0.25) is 0 Å². The summed E-state index contributed by atoms with van der Waals surface area (Å²) < 4.78 is 0. The van der Waals surface area contributed by atoms with Crippen LogP contribution < -0.4 is 0 Å². The second-order valence-electron chi connectivity index (χ2n) is 2.94. The second kappa shape index (κ2) is 2.99. The van der Waals surface area contributed by atoms with Crippen molar-refractivity contribution in [3.8, 4) is 5.75 Å². The third kappa shape index (κ3) is 1.26. The number of benzene rings is 2. The maximum absolute atomic E-state index is 10.6. The minimum Gasteiger partial charge on any atom is -0.508 e. The van der Waals surface area contributed by atoms with Crippen LogP contribution in [0.25, 0.3) is 10.8 Å². The molecule has 4 nitrogen and oxygen atoms in total. The van der Waals surface area contributed by atoms with Gasteiger partial charge in [0.05, 0.1) is 10.3 Å². The highest BCUT2D eigenvalue weighted by atomic mass is 16.6. The fourth-order valence-corrected chi connectivity index (χ4v) is 1.41. The van der Waals surface area contributed by atoms with E-state index in [2.05, 4.69) is 0 Å². The van der Waals surface area contributed by atoms with Gasteiger partial charge in [-0.25, -0.2) is 0 Å². The van der Waals surface area contributed by atoms with Crippen molar-refractivity contribution in [3.63, 3.8) is 0 Å². The van der Waals surface area contributed by atoms with Crippen LogP contribution in [-0.2, 0) is 0 Å². The van der Waals surface area contributed by atoms with E-state index in [4.69, 9.17) is 0 Å². The molecule has 0 saturated heterocycles. The number of rotatable bonds is 1. The van der Waals surface area contributed by atoms with Gasteiger partial charge >= 0.3 is 0 Å². The standard InChI is InChI=1S/C10H7NO3/c12-8-4-5-9-7(6-8)2-1-3-10(9)11(13)14/h1-6,12H. The molecular formula is C10H7NO3. The molecule has 70 valence electrons. The summed E-state index contributed by atoms with van der Waals surface area (Å²) >= 11 is 0.